The van der Waals surface area contributed by atoms with Crippen LogP contribution in [-0.4, -0.2) is 23.0 Å². The number of rotatable bonds is 3. The van der Waals surface area contributed by atoms with Crippen LogP contribution in [0, 0.1) is 13.8 Å². The van der Waals surface area contributed by atoms with Crippen LogP contribution in [0.5, 0.6) is 0 Å². The van der Waals surface area contributed by atoms with Crippen LogP contribution in [0.2, 0.25) is 0 Å². The molecule has 0 spiro atoms. The number of hydrogen-bond donors (Lipinski definition) is 0. The lowest BCUT2D eigenvalue weighted by Crippen LogP contribution is -2.29. The third-order valence-corrected chi connectivity index (χ3v) is 5.83. The molecule has 0 N–H and O–H groups in total. The van der Waals surface area contributed by atoms with Crippen molar-refractivity contribution in [1.82, 2.24) is 9.88 Å². The number of fused-ring (bicyclic) bond motifs is 2. The molecule has 29 heavy (non-hydrogen) atoms. The predicted octanol–water partition coefficient (Wildman–Crippen LogP) is 5.20. The van der Waals surface area contributed by atoms with Crippen LogP contribution in [0.25, 0.3) is 33.3 Å². The van der Waals surface area contributed by atoms with Gasteiger partial charge in [0, 0.05) is 35.1 Å². The standard InChI is InChI=1S/C24H24N2O3/c1-15-6-7-18-20(12-23(27)28-21(18)10-15)22-11-19-17(13-25-16(2)24(19)29-22)14-26-8-4-3-5-9-26/h6-7,10-13H,3-5,8-9,14H2,1-2H3. The maximum Gasteiger partial charge on any atom is 0.336 e. The maximum absolute atomic E-state index is 12.2. The molecule has 5 heteroatoms. The summed E-state index contributed by atoms with van der Waals surface area (Å²) in [6, 6.07) is 9.45. The van der Waals surface area contributed by atoms with E-state index >= 15 is 0 Å². The Balaban J connectivity index is 1.65. The van der Waals surface area contributed by atoms with Gasteiger partial charge in [-0.3, -0.25) is 9.88 Å². The number of benzene rings is 1. The Hall–Kier alpha value is -2.92. The molecule has 1 fully saturated rings. The Labute approximate surface area is 169 Å². The van der Waals surface area contributed by atoms with Crippen LogP contribution in [0.1, 0.15) is 36.1 Å². The molecular formula is C24H24N2O3. The first-order chi connectivity index (χ1) is 14.1. The highest BCUT2D eigenvalue weighted by molar-refractivity contribution is 5.95. The van der Waals surface area contributed by atoms with Crippen molar-refractivity contribution in [3.63, 3.8) is 0 Å². The fourth-order valence-electron chi connectivity index (χ4n) is 4.29. The molecule has 0 atom stereocenters. The molecule has 0 saturated carbocycles. The van der Waals surface area contributed by atoms with Crippen molar-refractivity contribution in [2.45, 2.75) is 39.7 Å². The number of nitrogens with zero attached hydrogens (tertiary/aromatic N) is 2. The van der Waals surface area contributed by atoms with E-state index in [0.717, 1.165) is 52.8 Å². The maximum atomic E-state index is 12.2. The minimum atomic E-state index is -0.373. The first-order valence-electron chi connectivity index (χ1n) is 10.2. The number of aryl methyl sites for hydroxylation is 2. The molecule has 0 bridgehead atoms. The largest absolute Gasteiger partial charge is 0.454 e. The van der Waals surface area contributed by atoms with Crippen molar-refractivity contribution in [3.8, 4) is 11.3 Å². The van der Waals surface area contributed by atoms with Crippen LogP contribution in [0.3, 0.4) is 0 Å². The Bertz CT molecular complexity index is 1260. The summed E-state index contributed by atoms with van der Waals surface area (Å²) >= 11 is 0. The highest BCUT2D eigenvalue weighted by Gasteiger charge is 2.18. The number of pyridine rings is 1. The third-order valence-electron chi connectivity index (χ3n) is 5.83. The van der Waals surface area contributed by atoms with Crippen molar-refractivity contribution < 1.29 is 8.83 Å². The van der Waals surface area contributed by atoms with Crippen LogP contribution < -0.4 is 5.63 Å². The van der Waals surface area contributed by atoms with Crippen LogP contribution in [0.15, 0.2) is 50.2 Å². The first-order valence-corrected chi connectivity index (χ1v) is 10.2. The van der Waals surface area contributed by atoms with Gasteiger partial charge in [-0.2, -0.15) is 0 Å². The van der Waals surface area contributed by atoms with Crippen LogP contribution in [0.4, 0.5) is 0 Å². The number of furan rings is 1. The summed E-state index contributed by atoms with van der Waals surface area (Å²) in [5.41, 5.74) is 4.84. The second-order valence-corrected chi connectivity index (χ2v) is 8.04. The smallest absolute Gasteiger partial charge is 0.336 e. The third kappa shape index (κ3) is 3.36. The van der Waals surface area contributed by atoms with E-state index in [0.29, 0.717) is 11.3 Å². The molecule has 1 aliphatic heterocycles. The summed E-state index contributed by atoms with van der Waals surface area (Å²) in [6.45, 7) is 7.07. The van der Waals surface area contributed by atoms with Gasteiger partial charge in [0.05, 0.1) is 5.69 Å². The highest BCUT2D eigenvalue weighted by atomic mass is 16.4. The van der Waals surface area contributed by atoms with Crippen molar-refractivity contribution in [2.24, 2.45) is 0 Å². The highest BCUT2D eigenvalue weighted by Crippen LogP contribution is 2.35. The summed E-state index contributed by atoms with van der Waals surface area (Å²) in [4.78, 5) is 19.2. The normalized spacial score (nSPS) is 15.4. The molecule has 0 amide bonds. The van der Waals surface area contributed by atoms with E-state index in [4.69, 9.17) is 8.83 Å². The van der Waals surface area contributed by atoms with Crippen LogP contribution >= 0.6 is 0 Å². The summed E-state index contributed by atoms with van der Waals surface area (Å²) in [6.07, 6.45) is 5.79. The minimum Gasteiger partial charge on any atom is -0.454 e. The molecule has 1 aromatic carbocycles. The van der Waals surface area contributed by atoms with Crippen molar-refractivity contribution >= 4 is 21.9 Å². The van der Waals surface area contributed by atoms with Gasteiger partial charge in [-0.25, -0.2) is 4.79 Å². The summed E-state index contributed by atoms with van der Waals surface area (Å²) in [5.74, 6) is 0.678. The fourth-order valence-corrected chi connectivity index (χ4v) is 4.29. The lowest BCUT2D eigenvalue weighted by atomic mass is 10.0. The van der Waals surface area contributed by atoms with Gasteiger partial charge in [0.2, 0.25) is 0 Å². The van der Waals surface area contributed by atoms with Gasteiger partial charge in [0.1, 0.15) is 11.3 Å². The average Bonchev–Trinajstić information content (AvgIpc) is 3.16. The Kier molecular flexibility index (Phi) is 4.47. The zero-order valence-corrected chi connectivity index (χ0v) is 16.8. The van der Waals surface area contributed by atoms with Gasteiger partial charge >= 0.3 is 5.63 Å². The van der Waals surface area contributed by atoms with Crippen LogP contribution in [-0.2, 0) is 6.54 Å². The second-order valence-electron chi connectivity index (χ2n) is 8.04. The molecule has 4 aromatic rings. The quantitative estimate of drug-likeness (QED) is 0.451. The van der Waals surface area contributed by atoms with E-state index in [1.165, 1.54) is 30.9 Å². The minimum absolute atomic E-state index is 0.373. The van der Waals surface area contributed by atoms with Crippen molar-refractivity contribution in [3.05, 3.63) is 63.8 Å². The monoisotopic (exact) mass is 388 g/mol. The summed E-state index contributed by atoms with van der Waals surface area (Å²) in [5, 5.41) is 1.95. The van der Waals surface area contributed by atoms with Gasteiger partial charge in [-0.15, -0.1) is 0 Å². The Morgan fingerprint density at radius 2 is 1.83 bits per heavy atom. The van der Waals surface area contributed by atoms with E-state index in [1.807, 2.05) is 38.2 Å². The molecule has 4 heterocycles. The molecule has 1 saturated heterocycles. The number of aromatic nitrogens is 1. The first kappa shape index (κ1) is 18.1. The van der Waals surface area contributed by atoms with E-state index in [-0.39, 0.29) is 5.63 Å². The molecule has 3 aromatic heterocycles. The fraction of sp³-hybridized carbons (Fsp3) is 0.333. The number of piperidine rings is 1. The van der Waals surface area contributed by atoms with Crippen molar-refractivity contribution in [2.75, 3.05) is 13.1 Å². The Morgan fingerprint density at radius 3 is 2.66 bits per heavy atom. The summed E-state index contributed by atoms with van der Waals surface area (Å²) < 4.78 is 11.7. The van der Waals surface area contributed by atoms with Crippen molar-refractivity contribution in [1.29, 1.82) is 0 Å². The molecule has 0 unspecified atom stereocenters. The van der Waals surface area contributed by atoms with Gasteiger partial charge in [-0.05, 0) is 63.0 Å². The molecule has 5 nitrogen and oxygen atoms in total. The predicted molar refractivity (Wildman–Crippen MR) is 114 cm³/mol. The van der Waals surface area contributed by atoms with E-state index < -0.39 is 0 Å². The van der Waals surface area contributed by atoms with Gasteiger partial charge < -0.3 is 8.83 Å². The molecule has 5 rings (SSSR count). The Morgan fingerprint density at radius 1 is 1.00 bits per heavy atom. The SMILES string of the molecule is Cc1ccc2c(-c3cc4c(CN5CCCCC5)cnc(C)c4o3)cc(=O)oc2c1. The zero-order chi connectivity index (χ0) is 20.0. The second kappa shape index (κ2) is 7.16. The topological polar surface area (TPSA) is 59.5 Å². The molecule has 148 valence electrons. The van der Waals surface area contributed by atoms with Gasteiger partial charge in [-0.1, -0.05) is 18.6 Å². The van der Waals surface area contributed by atoms with Gasteiger partial charge in [0.15, 0.2) is 5.58 Å². The average molecular weight is 388 g/mol. The lowest BCUT2D eigenvalue weighted by Gasteiger charge is -2.26. The lowest BCUT2D eigenvalue weighted by molar-refractivity contribution is 0.221. The molecule has 1 aliphatic rings. The molecule has 0 aliphatic carbocycles. The van der Waals surface area contributed by atoms with E-state index in [1.54, 1.807) is 0 Å². The molecule has 0 radical (unpaired) electrons. The summed E-state index contributed by atoms with van der Waals surface area (Å²) in [7, 11) is 0. The van der Waals surface area contributed by atoms with E-state index in [2.05, 4.69) is 16.0 Å². The van der Waals surface area contributed by atoms with E-state index in [9.17, 15) is 4.79 Å². The molecular weight excluding hydrogens is 364 g/mol. The zero-order valence-electron chi connectivity index (χ0n) is 16.8. The number of likely N-dealkylation sites (tertiary alicyclic amines) is 1. The number of hydrogen-bond acceptors (Lipinski definition) is 5. The van der Waals surface area contributed by atoms with Gasteiger partial charge in [0.25, 0.3) is 0 Å².